The third-order valence-electron chi connectivity index (χ3n) is 3.65. The summed E-state index contributed by atoms with van der Waals surface area (Å²) in [6.07, 6.45) is 0. The molecule has 0 bridgehead atoms. The Balaban J connectivity index is 1.95. The molecule has 1 saturated heterocycles. The summed E-state index contributed by atoms with van der Waals surface area (Å²) in [4.78, 5) is 7.23. The summed E-state index contributed by atoms with van der Waals surface area (Å²) in [5.41, 5.74) is 2.33. The maximum absolute atomic E-state index is 5.41. The van der Waals surface area contributed by atoms with Crippen LogP contribution in [0.3, 0.4) is 0 Å². The molecule has 1 aromatic carbocycles. The van der Waals surface area contributed by atoms with Crippen LogP contribution in [0.25, 0.3) is 11.0 Å². The molecule has 0 atom stereocenters. The minimum absolute atomic E-state index is 0.434. The van der Waals surface area contributed by atoms with Crippen molar-refractivity contribution >= 4 is 11.0 Å². The maximum Gasteiger partial charge on any atom is 0.124 e. The summed E-state index contributed by atoms with van der Waals surface area (Å²) in [6.45, 7) is 9.02. The van der Waals surface area contributed by atoms with E-state index in [1.165, 1.54) is 5.52 Å². The van der Waals surface area contributed by atoms with Crippen LogP contribution < -0.4 is 0 Å². The molecule has 1 fully saturated rings. The molecule has 19 heavy (non-hydrogen) atoms. The molecule has 2 aromatic rings. The number of hydrogen-bond donors (Lipinski definition) is 0. The lowest BCUT2D eigenvalue weighted by Crippen LogP contribution is -2.36. The molecule has 0 N–H and O–H groups in total. The number of fused-ring (bicyclic) bond motifs is 1. The number of imidazole rings is 1. The molecule has 0 unspecified atom stereocenters. The van der Waals surface area contributed by atoms with E-state index in [4.69, 9.17) is 9.72 Å². The number of benzene rings is 1. The quantitative estimate of drug-likeness (QED) is 0.848. The standard InChI is InChI=1S/C15H21N3O/c1-12(2)18-14-6-4-3-5-13(14)16-15(18)11-17-7-9-19-10-8-17/h3-6,12H,7-11H2,1-2H3. The van der Waals surface area contributed by atoms with Crippen molar-refractivity contribution in [1.29, 1.82) is 0 Å². The molecule has 0 spiro atoms. The molecule has 2 heterocycles. The van der Waals surface area contributed by atoms with Crippen molar-refractivity contribution in [2.24, 2.45) is 0 Å². The first-order chi connectivity index (χ1) is 9.25. The molecule has 3 rings (SSSR count). The Kier molecular flexibility index (Phi) is 3.53. The second-order valence-corrected chi connectivity index (χ2v) is 5.37. The molecule has 0 amide bonds. The average Bonchev–Trinajstić information content (AvgIpc) is 2.77. The van der Waals surface area contributed by atoms with Crippen LogP contribution in [0.4, 0.5) is 0 Å². The second-order valence-electron chi connectivity index (χ2n) is 5.37. The zero-order valence-corrected chi connectivity index (χ0v) is 11.7. The normalized spacial score (nSPS) is 17.4. The van der Waals surface area contributed by atoms with Crippen LogP contribution in [0, 0.1) is 0 Å². The Morgan fingerprint density at radius 1 is 1.21 bits per heavy atom. The minimum Gasteiger partial charge on any atom is -0.379 e. The van der Waals surface area contributed by atoms with Gasteiger partial charge in [-0.1, -0.05) is 12.1 Å². The number of hydrogen-bond acceptors (Lipinski definition) is 3. The van der Waals surface area contributed by atoms with Gasteiger partial charge in [-0.25, -0.2) is 4.98 Å². The van der Waals surface area contributed by atoms with Gasteiger partial charge in [-0.05, 0) is 26.0 Å². The summed E-state index contributed by atoms with van der Waals surface area (Å²) < 4.78 is 7.76. The van der Waals surface area contributed by atoms with Gasteiger partial charge in [-0.3, -0.25) is 4.90 Å². The molecule has 0 aliphatic carbocycles. The number of rotatable bonds is 3. The third-order valence-corrected chi connectivity index (χ3v) is 3.65. The highest BCUT2D eigenvalue weighted by Gasteiger charge is 2.17. The van der Waals surface area contributed by atoms with E-state index in [0.29, 0.717) is 6.04 Å². The van der Waals surface area contributed by atoms with Crippen molar-refractivity contribution in [2.45, 2.75) is 26.4 Å². The number of para-hydroxylation sites is 2. The maximum atomic E-state index is 5.41. The van der Waals surface area contributed by atoms with Crippen LogP contribution in [0.15, 0.2) is 24.3 Å². The summed E-state index contributed by atoms with van der Waals surface area (Å²) in [6, 6.07) is 8.82. The fraction of sp³-hybridized carbons (Fsp3) is 0.533. The number of ether oxygens (including phenoxy) is 1. The first-order valence-corrected chi connectivity index (χ1v) is 7.01. The van der Waals surface area contributed by atoms with Gasteiger partial charge in [0.2, 0.25) is 0 Å². The monoisotopic (exact) mass is 259 g/mol. The lowest BCUT2D eigenvalue weighted by atomic mass is 10.3. The Labute approximate surface area is 114 Å². The van der Waals surface area contributed by atoms with E-state index in [-0.39, 0.29) is 0 Å². The van der Waals surface area contributed by atoms with Crippen molar-refractivity contribution < 1.29 is 4.74 Å². The van der Waals surface area contributed by atoms with Gasteiger partial charge in [-0.15, -0.1) is 0 Å². The fourth-order valence-corrected chi connectivity index (χ4v) is 2.74. The largest absolute Gasteiger partial charge is 0.379 e. The van der Waals surface area contributed by atoms with E-state index < -0.39 is 0 Å². The zero-order chi connectivity index (χ0) is 13.2. The SMILES string of the molecule is CC(C)n1c(CN2CCOCC2)nc2ccccc21. The molecule has 1 aromatic heterocycles. The molecule has 1 aliphatic rings. The van der Waals surface area contributed by atoms with E-state index in [2.05, 4.69) is 47.6 Å². The molecule has 4 nitrogen and oxygen atoms in total. The van der Waals surface area contributed by atoms with E-state index in [0.717, 1.165) is 44.2 Å². The van der Waals surface area contributed by atoms with Crippen LogP contribution in [-0.2, 0) is 11.3 Å². The summed E-state index contributed by atoms with van der Waals surface area (Å²) in [5.74, 6) is 1.16. The minimum atomic E-state index is 0.434. The fourth-order valence-electron chi connectivity index (χ4n) is 2.74. The van der Waals surface area contributed by atoms with Crippen molar-refractivity contribution in [3.63, 3.8) is 0 Å². The molecule has 102 valence electrons. The molecule has 1 aliphatic heterocycles. The Morgan fingerprint density at radius 2 is 1.95 bits per heavy atom. The second kappa shape index (κ2) is 5.31. The van der Waals surface area contributed by atoms with E-state index in [9.17, 15) is 0 Å². The molecule has 0 saturated carbocycles. The number of nitrogens with zero attached hydrogens (tertiary/aromatic N) is 3. The van der Waals surface area contributed by atoms with Gasteiger partial charge in [0.25, 0.3) is 0 Å². The Hall–Kier alpha value is -1.39. The van der Waals surface area contributed by atoms with Gasteiger partial charge >= 0.3 is 0 Å². The van der Waals surface area contributed by atoms with E-state index >= 15 is 0 Å². The smallest absolute Gasteiger partial charge is 0.124 e. The van der Waals surface area contributed by atoms with Gasteiger partial charge in [0.1, 0.15) is 5.82 Å². The van der Waals surface area contributed by atoms with Crippen LogP contribution in [0.1, 0.15) is 25.7 Å². The van der Waals surface area contributed by atoms with Crippen molar-refractivity contribution in [1.82, 2.24) is 14.5 Å². The predicted molar refractivity (Wildman–Crippen MR) is 76.2 cm³/mol. The summed E-state index contributed by atoms with van der Waals surface area (Å²) in [5, 5.41) is 0. The van der Waals surface area contributed by atoms with Crippen molar-refractivity contribution in [3.8, 4) is 0 Å². The van der Waals surface area contributed by atoms with Crippen LogP contribution in [-0.4, -0.2) is 40.8 Å². The molecular weight excluding hydrogens is 238 g/mol. The van der Waals surface area contributed by atoms with Crippen LogP contribution in [0.5, 0.6) is 0 Å². The average molecular weight is 259 g/mol. The first-order valence-electron chi connectivity index (χ1n) is 7.01. The van der Waals surface area contributed by atoms with Crippen LogP contribution in [0.2, 0.25) is 0 Å². The highest BCUT2D eigenvalue weighted by atomic mass is 16.5. The third kappa shape index (κ3) is 2.51. The first kappa shape index (κ1) is 12.6. The van der Waals surface area contributed by atoms with Gasteiger partial charge in [0, 0.05) is 19.1 Å². The highest BCUT2D eigenvalue weighted by Crippen LogP contribution is 2.22. The summed E-state index contributed by atoms with van der Waals surface area (Å²) in [7, 11) is 0. The van der Waals surface area contributed by atoms with Crippen molar-refractivity contribution in [2.75, 3.05) is 26.3 Å². The molecule has 0 radical (unpaired) electrons. The van der Waals surface area contributed by atoms with E-state index in [1.807, 2.05) is 0 Å². The Morgan fingerprint density at radius 3 is 2.68 bits per heavy atom. The number of aromatic nitrogens is 2. The van der Waals surface area contributed by atoms with Crippen molar-refractivity contribution in [3.05, 3.63) is 30.1 Å². The topological polar surface area (TPSA) is 30.3 Å². The number of morpholine rings is 1. The van der Waals surface area contributed by atoms with Gasteiger partial charge in [-0.2, -0.15) is 0 Å². The summed E-state index contributed by atoms with van der Waals surface area (Å²) >= 11 is 0. The van der Waals surface area contributed by atoms with Gasteiger partial charge in [0.15, 0.2) is 0 Å². The zero-order valence-electron chi connectivity index (χ0n) is 11.7. The lowest BCUT2D eigenvalue weighted by molar-refractivity contribution is 0.0325. The van der Waals surface area contributed by atoms with E-state index in [1.54, 1.807) is 0 Å². The Bertz CT molecular complexity index is 556. The van der Waals surface area contributed by atoms with Gasteiger partial charge < -0.3 is 9.30 Å². The molecule has 4 heteroatoms. The van der Waals surface area contributed by atoms with Gasteiger partial charge in [0.05, 0.1) is 30.8 Å². The molecular formula is C15H21N3O. The van der Waals surface area contributed by atoms with Crippen LogP contribution >= 0.6 is 0 Å². The predicted octanol–water partition coefficient (Wildman–Crippen LogP) is 2.45. The lowest BCUT2D eigenvalue weighted by Gasteiger charge is -2.27. The highest BCUT2D eigenvalue weighted by molar-refractivity contribution is 5.76.